The highest BCUT2D eigenvalue weighted by atomic mass is 16.3. The number of rotatable bonds is 6. The molecule has 126 valence electrons. The lowest BCUT2D eigenvalue weighted by molar-refractivity contribution is 0.0955. The molecule has 0 fully saturated rings. The molecule has 3 heterocycles. The number of carbonyl (C=O) groups excluding carboxylic acids is 1. The molecule has 0 radical (unpaired) electrons. The van der Waals surface area contributed by atoms with E-state index in [-0.39, 0.29) is 11.9 Å². The van der Waals surface area contributed by atoms with Crippen molar-refractivity contribution in [1.82, 2.24) is 20.1 Å². The molecule has 0 aliphatic heterocycles. The largest absolute Gasteiger partial charge is 0.463 e. The zero-order chi connectivity index (χ0) is 17.1. The second-order valence-electron chi connectivity index (χ2n) is 5.85. The normalized spacial score (nSPS) is 11.3. The molecule has 0 aromatic carbocycles. The minimum absolute atomic E-state index is 0.134. The third-order valence-electron chi connectivity index (χ3n) is 3.74. The molecule has 0 saturated carbocycles. The third kappa shape index (κ3) is 3.03. The van der Waals surface area contributed by atoms with Crippen molar-refractivity contribution in [2.24, 2.45) is 5.73 Å². The first-order valence-corrected chi connectivity index (χ1v) is 8.02. The van der Waals surface area contributed by atoms with Crippen molar-refractivity contribution in [3.63, 3.8) is 0 Å². The third-order valence-corrected chi connectivity index (χ3v) is 3.74. The summed E-state index contributed by atoms with van der Waals surface area (Å²) in [5.41, 5.74) is 7.30. The average molecular weight is 327 g/mol. The summed E-state index contributed by atoms with van der Waals surface area (Å²) in [6.07, 6.45) is 4.00. The number of nitrogens with zero attached hydrogens (tertiary/aromatic N) is 3. The van der Waals surface area contributed by atoms with Crippen LogP contribution in [0.3, 0.4) is 0 Å². The summed E-state index contributed by atoms with van der Waals surface area (Å²) < 4.78 is 7.24. The Labute approximate surface area is 139 Å². The van der Waals surface area contributed by atoms with Crippen LogP contribution in [-0.4, -0.2) is 33.8 Å². The fourth-order valence-corrected chi connectivity index (χ4v) is 2.53. The number of carbonyl (C=O) groups is 1. The van der Waals surface area contributed by atoms with Crippen LogP contribution in [-0.2, 0) is 0 Å². The van der Waals surface area contributed by atoms with Gasteiger partial charge in [-0.1, -0.05) is 0 Å². The molecule has 0 aliphatic carbocycles. The van der Waals surface area contributed by atoms with Gasteiger partial charge in [-0.05, 0) is 45.0 Å². The first-order valence-electron chi connectivity index (χ1n) is 8.02. The Hall–Kier alpha value is -2.67. The van der Waals surface area contributed by atoms with Crippen LogP contribution < -0.4 is 11.1 Å². The van der Waals surface area contributed by atoms with E-state index in [0.717, 1.165) is 11.8 Å². The van der Waals surface area contributed by atoms with E-state index in [4.69, 9.17) is 10.2 Å². The maximum Gasteiger partial charge on any atom is 0.252 e. The van der Waals surface area contributed by atoms with Crippen LogP contribution in [0.2, 0.25) is 0 Å². The lowest BCUT2D eigenvalue weighted by Gasteiger charge is -2.10. The minimum Gasteiger partial charge on any atom is -0.463 e. The molecule has 3 N–H and O–H groups in total. The molecule has 7 nitrogen and oxygen atoms in total. The Morgan fingerprint density at radius 1 is 1.46 bits per heavy atom. The Morgan fingerprint density at radius 3 is 2.96 bits per heavy atom. The van der Waals surface area contributed by atoms with Crippen molar-refractivity contribution in [1.29, 1.82) is 0 Å². The molecule has 7 heteroatoms. The van der Waals surface area contributed by atoms with Gasteiger partial charge in [-0.25, -0.2) is 9.67 Å². The zero-order valence-electron chi connectivity index (χ0n) is 13.8. The molecular formula is C17H21N5O2. The lowest BCUT2D eigenvalue weighted by Crippen LogP contribution is -2.26. The van der Waals surface area contributed by atoms with Gasteiger partial charge < -0.3 is 15.5 Å². The van der Waals surface area contributed by atoms with Gasteiger partial charge in [0, 0.05) is 12.6 Å². The SMILES string of the molecule is CC(C)n1ncc2c(C(=O)NCCCN)cc(-c3ccco3)nc21. The van der Waals surface area contributed by atoms with E-state index in [9.17, 15) is 4.79 Å². The summed E-state index contributed by atoms with van der Waals surface area (Å²) in [5, 5.41) is 8.00. The maximum absolute atomic E-state index is 12.6. The fraction of sp³-hybridized carbons (Fsp3) is 0.353. The molecule has 0 bridgehead atoms. The van der Waals surface area contributed by atoms with Crippen LogP contribution in [0, 0.1) is 0 Å². The van der Waals surface area contributed by atoms with Crippen LogP contribution in [0.15, 0.2) is 35.1 Å². The Bertz CT molecular complexity index is 836. The van der Waals surface area contributed by atoms with Crippen molar-refractivity contribution in [2.45, 2.75) is 26.3 Å². The Kier molecular flexibility index (Phi) is 4.61. The Balaban J connectivity index is 2.10. The molecule has 0 spiro atoms. The Morgan fingerprint density at radius 2 is 2.29 bits per heavy atom. The zero-order valence-corrected chi connectivity index (χ0v) is 13.8. The average Bonchev–Trinajstić information content (AvgIpc) is 3.23. The number of amides is 1. The van der Waals surface area contributed by atoms with Crippen molar-refractivity contribution in [3.05, 3.63) is 36.2 Å². The molecule has 0 atom stereocenters. The van der Waals surface area contributed by atoms with Gasteiger partial charge in [0.25, 0.3) is 5.91 Å². The van der Waals surface area contributed by atoms with Gasteiger partial charge in [0.1, 0.15) is 5.69 Å². The van der Waals surface area contributed by atoms with Gasteiger partial charge in [0.15, 0.2) is 11.4 Å². The molecular weight excluding hydrogens is 306 g/mol. The molecule has 1 amide bonds. The van der Waals surface area contributed by atoms with E-state index in [1.165, 1.54) is 0 Å². The predicted molar refractivity (Wildman–Crippen MR) is 91.6 cm³/mol. The van der Waals surface area contributed by atoms with Crippen molar-refractivity contribution < 1.29 is 9.21 Å². The topological polar surface area (TPSA) is 99.0 Å². The summed E-state index contributed by atoms with van der Waals surface area (Å²) in [5.74, 6) is 0.455. The highest BCUT2D eigenvalue weighted by molar-refractivity contribution is 6.06. The highest BCUT2D eigenvalue weighted by Crippen LogP contribution is 2.26. The second kappa shape index (κ2) is 6.84. The quantitative estimate of drug-likeness (QED) is 0.677. The van der Waals surface area contributed by atoms with Gasteiger partial charge >= 0.3 is 0 Å². The molecule has 24 heavy (non-hydrogen) atoms. The molecule has 0 aliphatic rings. The summed E-state index contributed by atoms with van der Waals surface area (Å²) in [6, 6.07) is 5.49. The van der Waals surface area contributed by atoms with Crippen molar-refractivity contribution >= 4 is 16.9 Å². The van der Waals surface area contributed by atoms with E-state index >= 15 is 0 Å². The van der Waals surface area contributed by atoms with E-state index < -0.39 is 0 Å². The molecule has 0 unspecified atom stereocenters. The number of fused-ring (bicyclic) bond motifs is 1. The van der Waals surface area contributed by atoms with Crippen LogP contribution in [0.4, 0.5) is 0 Å². The van der Waals surface area contributed by atoms with E-state index in [2.05, 4.69) is 15.4 Å². The summed E-state index contributed by atoms with van der Waals surface area (Å²) in [4.78, 5) is 17.2. The van der Waals surface area contributed by atoms with Gasteiger partial charge in [-0.3, -0.25) is 4.79 Å². The second-order valence-corrected chi connectivity index (χ2v) is 5.85. The van der Waals surface area contributed by atoms with Gasteiger partial charge in [-0.2, -0.15) is 5.10 Å². The van der Waals surface area contributed by atoms with Crippen molar-refractivity contribution in [2.75, 3.05) is 13.1 Å². The lowest BCUT2D eigenvalue weighted by atomic mass is 10.1. The number of nitrogens with one attached hydrogen (secondary N) is 1. The van der Waals surface area contributed by atoms with Gasteiger partial charge in [0.2, 0.25) is 0 Å². The fourth-order valence-electron chi connectivity index (χ4n) is 2.53. The number of nitrogens with two attached hydrogens (primary N) is 1. The van der Waals surface area contributed by atoms with Crippen LogP contribution in [0.1, 0.15) is 36.7 Å². The van der Waals surface area contributed by atoms with E-state index in [0.29, 0.717) is 35.8 Å². The predicted octanol–water partition coefficient (Wildman–Crippen LogP) is 2.35. The minimum atomic E-state index is -0.160. The van der Waals surface area contributed by atoms with Crippen LogP contribution >= 0.6 is 0 Å². The molecule has 3 rings (SSSR count). The summed E-state index contributed by atoms with van der Waals surface area (Å²) in [6.45, 7) is 5.12. The van der Waals surface area contributed by atoms with Crippen LogP contribution in [0.5, 0.6) is 0 Å². The maximum atomic E-state index is 12.6. The number of aromatic nitrogens is 3. The van der Waals surface area contributed by atoms with Gasteiger partial charge in [-0.15, -0.1) is 0 Å². The smallest absolute Gasteiger partial charge is 0.252 e. The monoisotopic (exact) mass is 327 g/mol. The number of hydrogen-bond acceptors (Lipinski definition) is 5. The number of furan rings is 1. The highest BCUT2D eigenvalue weighted by Gasteiger charge is 2.19. The number of hydrogen-bond donors (Lipinski definition) is 2. The summed E-state index contributed by atoms with van der Waals surface area (Å²) in [7, 11) is 0. The van der Waals surface area contributed by atoms with Crippen LogP contribution in [0.25, 0.3) is 22.5 Å². The van der Waals surface area contributed by atoms with Gasteiger partial charge in [0.05, 0.1) is 23.4 Å². The standard InChI is InChI=1S/C17H21N5O2/c1-11(2)22-16-13(10-20-22)12(17(23)19-7-4-6-18)9-14(21-16)15-5-3-8-24-15/h3,5,8-11H,4,6-7,18H2,1-2H3,(H,19,23). The number of pyridine rings is 1. The first kappa shape index (κ1) is 16.2. The summed E-state index contributed by atoms with van der Waals surface area (Å²) >= 11 is 0. The van der Waals surface area contributed by atoms with E-state index in [1.807, 2.05) is 19.9 Å². The molecule has 3 aromatic rings. The molecule has 3 aromatic heterocycles. The molecule has 0 saturated heterocycles. The van der Waals surface area contributed by atoms with Crippen molar-refractivity contribution in [3.8, 4) is 11.5 Å². The van der Waals surface area contributed by atoms with E-state index in [1.54, 1.807) is 29.3 Å². The first-order chi connectivity index (χ1) is 11.6.